The average molecular weight is 803 g/mol. The monoisotopic (exact) mass is 802 g/mol. The van der Waals surface area contributed by atoms with Gasteiger partial charge >= 0.3 is 0 Å². The van der Waals surface area contributed by atoms with Gasteiger partial charge in [0.25, 0.3) is 0 Å². The number of aromatic nitrogens is 2. The fourth-order valence-corrected chi connectivity index (χ4v) is 10.0. The van der Waals surface area contributed by atoms with Crippen LogP contribution < -0.4 is 0 Å². The summed E-state index contributed by atoms with van der Waals surface area (Å²) < 4.78 is 0. The number of fused-ring (bicyclic) bond motifs is 7. The standard InChI is InChI=1S/C61H42N2/c1-61(2)55-22-11-10-21-51(55)54-36-46(32-34-56(54)61)40-23-25-42(26-24-40)57-38-58(48-18-12-17-45(35-48)39-13-4-3-5-14-39)63-60(62-57)44-29-27-43(28-30-44)59-50-20-9-7-16-47(50)37-53-49-19-8-6-15-41(49)31-33-52(53)59/h3-38H,1-2H3. The fraction of sp³-hybridized carbons (Fsp3) is 0.0492. The minimum Gasteiger partial charge on any atom is -0.228 e. The summed E-state index contributed by atoms with van der Waals surface area (Å²) >= 11 is 0. The van der Waals surface area contributed by atoms with E-state index in [1.807, 2.05) is 0 Å². The second-order valence-electron chi connectivity index (χ2n) is 17.3. The summed E-state index contributed by atoms with van der Waals surface area (Å²) in [5, 5.41) is 7.50. The second kappa shape index (κ2) is 14.6. The van der Waals surface area contributed by atoms with Crippen LogP contribution in [-0.4, -0.2) is 9.97 Å². The number of benzene rings is 10. The van der Waals surface area contributed by atoms with E-state index in [1.54, 1.807) is 0 Å². The van der Waals surface area contributed by atoms with E-state index in [0.717, 1.165) is 39.2 Å². The van der Waals surface area contributed by atoms with E-state index in [1.165, 1.54) is 76.8 Å². The predicted octanol–water partition coefficient (Wildman–Crippen LogP) is 16.2. The Morgan fingerprint density at radius 3 is 1.70 bits per heavy atom. The van der Waals surface area contributed by atoms with Crippen molar-refractivity contribution in [3.05, 3.63) is 230 Å². The lowest BCUT2D eigenvalue weighted by molar-refractivity contribution is 0.660. The Kier molecular flexibility index (Phi) is 8.55. The number of nitrogens with zero attached hydrogens (tertiary/aromatic N) is 2. The van der Waals surface area contributed by atoms with Crippen LogP contribution in [-0.2, 0) is 5.41 Å². The van der Waals surface area contributed by atoms with Crippen molar-refractivity contribution in [2.75, 3.05) is 0 Å². The van der Waals surface area contributed by atoms with Crippen LogP contribution >= 0.6 is 0 Å². The zero-order valence-electron chi connectivity index (χ0n) is 35.2. The van der Waals surface area contributed by atoms with Gasteiger partial charge in [-0.25, -0.2) is 9.97 Å². The normalized spacial score (nSPS) is 12.7. The Morgan fingerprint density at radius 1 is 0.302 bits per heavy atom. The van der Waals surface area contributed by atoms with Gasteiger partial charge in [-0.3, -0.25) is 0 Å². The summed E-state index contributed by atoms with van der Waals surface area (Å²) in [4.78, 5) is 10.6. The molecule has 0 saturated heterocycles. The van der Waals surface area contributed by atoms with Gasteiger partial charge in [0.2, 0.25) is 0 Å². The van der Waals surface area contributed by atoms with E-state index in [4.69, 9.17) is 9.97 Å². The molecular weight excluding hydrogens is 761 g/mol. The SMILES string of the molecule is CC1(C)c2ccccc2-c2cc(-c3ccc(-c4cc(-c5cccc(-c6ccccc6)c5)nc(-c5ccc(-c6c7ccccc7cc7c6ccc6ccccc67)cc5)n4)cc3)ccc21. The molecule has 2 nitrogen and oxygen atoms in total. The van der Waals surface area contributed by atoms with E-state index in [2.05, 4.69) is 232 Å². The van der Waals surface area contributed by atoms with E-state index in [-0.39, 0.29) is 5.41 Å². The lowest BCUT2D eigenvalue weighted by atomic mass is 9.82. The number of hydrogen-bond donors (Lipinski definition) is 0. The quantitative estimate of drug-likeness (QED) is 0.124. The van der Waals surface area contributed by atoms with Gasteiger partial charge in [-0.2, -0.15) is 0 Å². The average Bonchev–Trinajstić information content (AvgIpc) is 3.58. The molecular formula is C61H42N2. The molecule has 0 aliphatic heterocycles. The van der Waals surface area contributed by atoms with Gasteiger partial charge in [0, 0.05) is 22.1 Å². The van der Waals surface area contributed by atoms with Gasteiger partial charge in [-0.1, -0.05) is 208 Å². The maximum atomic E-state index is 5.30. The van der Waals surface area contributed by atoms with E-state index < -0.39 is 0 Å². The second-order valence-corrected chi connectivity index (χ2v) is 17.3. The molecule has 0 unspecified atom stereocenters. The molecule has 1 aliphatic rings. The van der Waals surface area contributed by atoms with Crippen LogP contribution in [0.4, 0.5) is 0 Å². The Morgan fingerprint density at radius 2 is 0.873 bits per heavy atom. The van der Waals surface area contributed by atoms with Gasteiger partial charge < -0.3 is 0 Å². The minimum absolute atomic E-state index is 0.0166. The van der Waals surface area contributed by atoms with Crippen LogP contribution in [0.5, 0.6) is 0 Å². The molecule has 0 spiro atoms. The van der Waals surface area contributed by atoms with Crippen molar-refractivity contribution >= 4 is 32.3 Å². The molecule has 1 aliphatic carbocycles. The number of hydrogen-bond acceptors (Lipinski definition) is 2. The van der Waals surface area contributed by atoms with Crippen molar-refractivity contribution in [1.29, 1.82) is 0 Å². The summed E-state index contributed by atoms with van der Waals surface area (Å²) in [6.07, 6.45) is 0. The van der Waals surface area contributed by atoms with Crippen molar-refractivity contribution in [2.45, 2.75) is 19.3 Å². The van der Waals surface area contributed by atoms with E-state index in [9.17, 15) is 0 Å². The van der Waals surface area contributed by atoms with Crippen molar-refractivity contribution in [3.63, 3.8) is 0 Å². The van der Waals surface area contributed by atoms with Crippen LogP contribution in [0.2, 0.25) is 0 Å². The zero-order valence-corrected chi connectivity index (χ0v) is 35.2. The van der Waals surface area contributed by atoms with Gasteiger partial charge in [-0.05, 0) is 112 Å². The highest BCUT2D eigenvalue weighted by atomic mass is 14.9. The molecule has 0 saturated carbocycles. The molecule has 0 amide bonds. The van der Waals surface area contributed by atoms with Crippen LogP contribution in [0.15, 0.2) is 218 Å². The molecule has 0 radical (unpaired) electrons. The number of rotatable bonds is 6. The van der Waals surface area contributed by atoms with Crippen LogP contribution in [0.1, 0.15) is 25.0 Å². The first-order chi connectivity index (χ1) is 31.0. The molecule has 11 aromatic rings. The highest BCUT2D eigenvalue weighted by Gasteiger charge is 2.35. The molecule has 296 valence electrons. The highest BCUT2D eigenvalue weighted by molar-refractivity contribution is 6.20. The lowest BCUT2D eigenvalue weighted by Gasteiger charge is -2.21. The molecule has 63 heavy (non-hydrogen) atoms. The first-order valence-electron chi connectivity index (χ1n) is 21.8. The Balaban J connectivity index is 0.960. The predicted molar refractivity (Wildman–Crippen MR) is 265 cm³/mol. The smallest absolute Gasteiger partial charge is 0.160 e. The van der Waals surface area contributed by atoms with Crippen LogP contribution in [0.3, 0.4) is 0 Å². The lowest BCUT2D eigenvalue weighted by Crippen LogP contribution is -2.14. The van der Waals surface area contributed by atoms with Gasteiger partial charge in [0.1, 0.15) is 0 Å². The first kappa shape index (κ1) is 36.9. The summed E-state index contributed by atoms with van der Waals surface area (Å²) in [6.45, 7) is 4.66. The summed E-state index contributed by atoms with van der Waals surface area (Å²) in [7, 11) is 0. The molecule has 1 aromatic heterocycles. The third-order valence-corrected chi connectivity index (χ3v) is 13.3. The van der Waals surface area contributed by atoms with Gasteiger partial charge in [0.05, 0.1) is 11.4 Å². The first-order valence-corrected chi connectivity index (χ1v) is 21.8. The molecule has 0 atom stereocenters. The third kappa shape index (κ3) is 6.25. The summed E-state index contributed by atoms with van der Waals surface area (Å²) in [5.41, 5.74) is 17.4. The maximum Gasteiger partial charge on any atom is 0.160 e. The topological polar surface area (TPSA) is 25.8 Å². The summed E-state index contributed by atoms with van der Waals surface area (Å²) in [5.74, 6) is 0.692. The Bertz CT molecular complexity index is 3560. The Labute approximate surface area is 367 Å². The molecule has 0 fully saturated rings. The van der Waals surface area contributed by atoms with E-state index in [0.29, 0.717) is 5.82 Å². The molecule has 0 bridgehead atoms. The van der Waals surface area contributed by atoms with Gasteiger partial charge in [-0.15, -0.1) is 0 Å². The highest BCUT2D eigenvalue weighted by Crippen LogP contribution is 2.49. The van der Waals surface area contributed by atoms with Crippen molar-refractivity contribution < 1.29 is 0 Å². The van der Waals surface area contributed by atoms with Crippen LogP contribution in [0.25, 0.3) is 111 Å². The third-order valence-electron chi connectivity index (χ3n) is 13.3. The molecule has 12 rings (SSSR count). The fourth-order valence-electron chi connectivity index (χ4n) is 10.0. The maximum absolute atomic E-state index is 5.30. The molecule has 0 N–H and O–H groups in total. The molecule has 10 aromatic carbocycles. The van der Waals surface area contributed by atoms with Gasteiger partial charge in [0.15, 0.2) is 5.82 Å². The Hall–Kier alpha value is -7.94. The van der Waals surface area contributed by atoms with Crippen molar-refractivity contribution in [3.8, 4) is 78.4 Å². The summed E-state index contributed by atoms with van der Waals surface area (Å²) in [6, 6.07) is 79.1. The molecule has 2 heteroatoms. The van der Waals surface area contributed by atoms with Crippen LogP contribution in [0, 0.1) is 0 Å². The van der Waals surface area contributed by atoms with Crippen molar-refractivity contribution in [2.24, 2.45) is 0 Å². The molecule has 1 heterocycles. The zero-order chi connectivity index (χ0) is 42.1. The van der Waals surface area contributed by atoms with Crippen molar-refractivity contribution in [1.82, 2.24) is 9.97 Å². The minimum atomic E-state index is -0.0166. The largest absolute Gasteiger partial charge is 0.228 e. The van der Waals surface area contributed by atoms with E-state index >= 15 is 0 Å².